The number of hydrogen-bond donors (Lipinski definition) is 1. The fourth-order valence-corrected chi connectivity index (χ4v) is 0.679. The smallest absolute Gasteiger partial charge is 0.365 e. The Morgan fingerprint density at radius 3 is 3.15 bits per heavy atom. The lowest BCUT2D eigenvalue weighted by molar-refractivity contribution is 0.0276. The van der Waals surface area contributed by atoms with E-state index in [1.165, 1.54) is 6.20 Å². The van der Waals surface area contributed by atoms with E-state index in [0.29, 0.717) is 0 Å². The van der Waals surface area contributed by atoms with Crippen LogP contribution in [0.5, 0.6) is 0 Å². The maximum Gasteiger partial charge on any atom is 0.375 e. The van der Waals surface area contributed by atoms with Crippen molar-refractivity contribution in [1.29, 1.82) is 0 Å². The van der Waals surface area contributed by atoms with Crippen molar-refractivity contribution < 1.29 is 9.63 Å². The van der Waals surface area contributed by atoms with Gasteiger partial charge in [0.25, 0.3) is 0 Å². The zero-order valence-corrected chi connectivity index (χ0v) is 6.86. The van der Waals surface area contributed by atoms with E-state index >= 15 is 0 Å². The molecule has 1 N–H and O–H groups in total. The molecule has 0 aliphatic rings. The van der Waals surface area contributed by atoms with E-state index in [9.17, 15) is 4.79 Å². The number of hydroxylamine groups is 1. The van der Waals surface area contributed by atoms with Crippen molar-refractivity contribution in [3.63, 3.8) is 0 Å². The van der Waals surface area contributed by atoms with Crippen LogP contribution in [0.1, 0.15) is 10.5 Å². The Morgan fingerprint density at radius 2 is 2.54 bits per heavy atom. The summed E-state index contributed by atoms with van der Waals surface area (Å²) in [6.07, 6.45) is 6.45. The molecule has 0 saturated heterocycles. The number of aromatic nitrogens is 1. The minimum atomic E-state index is -0.546. The Hall–Kier alpha value is -1.86. The van der Waals surface area contributed by atoms with Crippen molar-refractivity contribution in [3.05, 3.63) is 30.1 Å². The van der Waals surface area contributed by atoms with Gasteiger partial charge in [0.05, 0.1) is 6.54 Å². The zero-order chi connectivity index (χ0) is 9.52. The monoisotopic (exact) mass is 176 g/mol. The van der Waals surface area contributed by atoms with Crippen LogP contribution >= 0.6 is 0 Å². The van der Waals surface area contributed by atoms with Crippen LogP contribution in [0.2, 0.25) is 0 Å². The van der Waals surface area contributed by atoms with Crippen LogP contribution in [0.15, 0.2) is 24.4 Å². The van der Waals surface area contributed by atoms with Crippen molar-refractivity contribution in [3.8, 4) is 12.3 Å². The second-order valence-electron chi connectivity index (χ2n) is 2.13. The van der Waals surface area contributed by atoms with E-state index < -0.39 is 5.97 Å². The summed E-state index contributed by atoms with van der Waals surface area (Å²) in [7, 11) is 0. The number of terminal acetylenes is 1. The molecular formula is C9H8N2O2. The molecule has 0 saturated carbocycles. The quantitative estimate of drug-likeness (QED) is 0.411. The highest BCUT2D eigenvalue weighted by atomic mass is 16.7. The summed E-state index contributed by atoms with van der Waals surface area (Å²) in [5, 5.41) is 0. The van der Waals surface area contributed by atoms with E-state index in [2.05, 4.69) is 21.2 Å². The summed E-state index contributed by atoms with van der Waals surface area (Å²) in [6, 6.07) is 4.97. The number of nitrogens with one attached hydrogen (secondary N) is 1. The molecule has 1 aromatic heterocycles. The fourth-order valence-electron chi connectivity index (χ4n) is 0.679. The average Bonchev–Trinajstić information content (AvgIpc) is 2.19. The van der Waals surface area contributed by atoms with Gasteiger partial charge >= 0.3 is 5.97 Å². The third-order valence-corrected chi connectivity index (χ3v) is 1.21. The molecular weight excluding hydrogens is 168 g/mol. The first kappa shape index (κ1) is 9.23. The minimum absolute atomic E-state index is 0.179. The van der Waals surface area contributed by atoms with Gasteiger partial charge in [0, 0.05) is 6.20 Å². The van der Waals surface area contributed by atoms with Crippen molar-refractivity contribution in [2.24, 2.45) is 0 Å². The van der Waals surface area contributed by atoms with Crippen LogP contribution in [-0.4, -0.2) is 17.5 Å². The molecule has 4 nitrogen and oxygen atoms in total. The van der Waals surface area contributed by atoms with Crippen molar-refractivity contribution in [2.45, 2.75) is 0 Å². The largest absolute Gasteiger partial charge is 0.375 e. The highest BCUT2D eigenvalue weighted by molar-refractivity contribution is 5.86. The summed E-state index contributed by atoms with van der Waals surface area (Å²) >= 11 is 0. The molecule has 1 rings (SSSR count). The van der Waals surface area contributed by atoms with Crippen LogP contribution in [0.3, 0.4) is 0 Å². The first-order valence-corrected chi connectivity index (χ1v) is 3.63. The van der Waals surface area contributed by atoms with Gasteiger partial charge in [-0.05, 0) is 12.1 Å². The molecule has 0 fully saturated rings. The topological polar surface area (TPSA) is 51.2 Å². The van der Waals surface area contributed by atoms with Gasteiger partial charge in [-0.3, -0.25) is 0 Å². The van der Waals surface area contributed by atoms with E-state index in [0.717, 1.165) is 0 Å². The van der Waals surface area contributed by atoms with Gasteiger partial charge in [-0.2, -0.15) is 0 Å². The molecule has 1 heterocycles. The van der Waals surface area contributed by atoms with E-state index in [4.69, 9.17) is 6.42 Å². The molecule has 0 amide bonds. The normalized spacial score (nSPS) is 8.85. The molecule has 0 aromatic carbocycles. The van der Waals surface area contributed by atoms with Gasteiger partial charge in [0.15, 0.2) is 0 Å². The molecule has 0 bridgehead atoms. The standard InChI is InChI=1S/C9H8N2O2/c1-2-6-11-13-9(12)8-5-3-4-7-10-8/h1,3-5,7,11H,6H2. The van der Waals surface area contributed by atoms with E-state index in [1.54, 1.807) is 18.2 Å². The SMILES string of the molecule is C#CCNOC(=O)c1ccccn1. The molecule has 0 aliphatic carbocycles. The predicted octanol–water partition coefficient (Wildman–Crippen LogP) is 0.376. The lowest BCUT2D eigenvalue weighted by atomic mass is 10.4. The van der Waals surface area contributed by atoms with E-state index in [1.807, 2.05) is 0 Å². The van der Waals surface area contributed by atoms with Crippen LogP contribution in [0.4, 0.5) is 0 Å². The van der Waals surface area contributed by atoms with Gasteiger partial charge in [-0.15, -0.1) is 11.9 Å². The number of nitrogens with zero attached hydrogens (tertiary/aromatic N) is 1. The summed E-state index contributed by atoms with van der Waals surface area (Å²) in [6.45, 7) is 0.179. The number of carbonyl (C=O) groups is 1. The Balaban J connectivity index is 2.46. The lowest BCUT2D eigenvalue weighted by Gasteiger charge is -2.00. The summed E-state index contributed by atoms with van der Waals surface area (Å²) < 4.78 is 0. The Bertz CT molecular complexity index is 316. The highest BCUT2D eigenvalue weighted by Gasteiger charge is 2.06. The van der Waals surface area contributed by atoms with Crippen molar-refractivity contribution in [1.82, 2.24) is 10.5 Å². The summed E-state index contributed by atoms with van der Waals surface area (Å²) in [5.74, 6) is 1.72. The third kappa shape index (κ3) is 2.93. The minimum Gasteiger partial charge on any atom is -0.365 e. The van der Waals surface area contributed by atoms with Crippen LogP contribution in [-0.2, 0) is 4.84 Å². The third-order valence-electron chi connectivity index (χ3n) is 1.21. The molecule has 1 aromatic rings. The van der Waals surface area contributed by atoms with Crippen molar-refractivity contribution >= 4 is 5.97 Å². The van der Waals surface area contributed by atoms with Crippen LogP contribution < -0.4 is 5.48 Å². The van der Waals surface area contributed by atoms with Crippen molar-refractivity contribution in [2.75, 3.05) is 6.54 Å². The average molecular weight is 176 g/mol. The van der Waals surface area contributed by atoms with Gasteiger partial charge in [0.1, 0.15) is 5.69 Å². The van der Waals surface area contributed by atoms with Crippen LogP contribution in [0, 0.1) is 12.3 Å². The molecule has 4 heteroatoms. The number of pyridine rings is 1. The second kappa shape index (κ2) is 4.91. The molecule has 13 heavy (non-hydrogen) atoms. The summed E-state index contributed by atoms with van der Waals surface area (Å²) in [4.78, 5) is 19.5. The number of hydrogen-bond acceptors (Lipinski definition) is 4. The predicted molar refractivity (Wildman–Crippen MR) is 46.5 cm³/mol. The Labute approximate surface area is 75.9 Å². The first-order chi connectivity index (χ1) is 6.34. The number of carbonyl (C=O) groups excluding carboxylic acids is 1. The Morgan fingerprint density at radius 1 is 1.69 bits per heavy atom. The first-order valence-electron chi connectivity index (χ1n) is 3.63. The molecule has 0 aliphatic heterocycles. The molecule has 66 valence electrons. The maximum atomic E-state index is 11.1. The molecule has 0 atom stereocenters. The molecule has 0 unspecified atom stereocenters. The van der Waals surface area contributed by atoms with Gasteiger partial charge in [-0.1, -0.05) is 12.0 Å². The fraction of sp³-hybridized carbons (Fsp3) is 0.111. The highest BCUT2D eigenvalue weighted by Crippen LogP contribution is 1.94. The summed E-state index contributed by atoms with van der Waals surface area (Å²) in [5.41, 5.74) is 2.55. The van der Waals surface area contributed by atoms with Crippen LogP contribution in [0.25, 0.3) is 0 Å². The second-order valence-corrected chi connectivity index (χ2v) is 2.13. The Kier molecular flexibility index (Phi) is 3.48. The maximum absolute atomic E-state index is 11.1. The van der Waals surface area contributed by atoms with E-state index in [-0.39, 0.29) is 12.2 Å². The molecule has 0 radical (unpaired) electrons. The molecule has 0 spiro atoms. The van der Waals surface area contributed by atoms with Gasteiger partial charge < -0.3 is 4.84 Å². The van der Waals surface area contributed by atoms with Gasteiger partial charge in [-0.25, -0.2) is 9.78 Å². The lowest BCUT2D eigenvalue weighted by Crippen LogP contribution is -2.20. The van der Waals surface area contributed by atoms with Gasteiger partial charge in [0.2, 0.25) is 0 Å². The number of rotatable bonds is 3. The zero-order valence-electron chi connectivity index (χ0n) is 6.86.